The van der Waals surface area contributed by atoms with Gasteiger partial charge in [0.2, 0.25) is 0 Å². The normalized spacial score (nSPS) is 11.5. The summed E-state index contributed by atoms with van der Waals surface area (Å²) >= 11 is 0. The number of imidazole rings is 1. The molecule has 5 aromatic rings. The highest BCUT2D eigenvalue weighted by Gasteiger charge is 2.14. The topological polar surface area (TPSA) is 89.2 Å². The molecule has 0 saturated carbocycles. The summed E-state index contributed by atoms with van der Waals surface area (Å²) in [5.41, 5.74) is 4.41. The number of pyridine rings is 1. The molecule has 32 heavy (non-hydrogen) atoms. The molecule has 9 heteroatoms. The van der Waals surface area contributed by atoms with E-state index >= 15 is 0 Å². The average Bonchev–Trinajstić information content (AvgIpc) is 3.23. The Morgan fingerprint density at radius 1 is 0.812 bits per heavy atom. The van der Waals surface area contributed by atoms with Gasteiger partial charge < -0.3 is 0 Å². The number of rotatable bonds is 5. The van der Waals surface area contributed by atoms with Crippen molar-refractivity contribution in [2.24, 2.45) is 0 Å². The number of anilines is 1. The first-order valence-electron chi connectivity index (χ1n) is 9.64. The van der Waals surface area contributed by atoms with E-state index in [1.54, 1.807) is 47.4 Å². The molecule has 3 heterocycles. The Bertz CT molecular complexity index is 1500. The molecule has 0 aliphatic carbocycles. The molecule has 5 rings (SSSR count). The number of hydrogen-bond acceptors (Lipinski definition) is 5. The minimum Gasteiger partial charge on any atom is -0.280 e. The number of benzene rings is 2. The number of nitrogens with one attached hydrogen (secondary N) is 1. The van der Waals surface area contributed by atoms with Crippen LogP contribution in [0, 0.1) is 5.82 Å². The Balaban J connectivity index is 1.43. The summed E-state index contributed by atoms with van der Waals surface area (Å²) in [4.78, 5) is 8.43. The Labute approximate surface area is 183 Å². The quantitative estimate of drug-likeness (QED) is 0.433. The smallest absolute Gasteiger partial charge is 0.261 e. The van der Waals surface area contributed by atoms with Gasteiger partial charge in [-0.05, 0) is 60.7 Å². The van der Waals surface area contributed by atoms with Crippen LogP contribution in [0.4, 0.5) is 10.1 Å². The molecule has 0 aliphatic heterocycles. The van der Waals surface area contributed by atoms with E-state index in [4.69, 9.17) is 5.10 Å². The highest BCUT2D eigenvalue weighted by Crippen LogP contribution is 2.24. The fourth-order valence-corrected chi connectivity index (χ4v) is 4.34. The molecule has 0 radical (unpaired) electrons. The molecule has 0 unspecified atom stereocenters. The Morgan fingerprint density at radius 2 is 1.53 bits per heavy atom. The van der Waals surface area contributed by atoms with Crippen LogP contribution in [0.5, 0.6) is 0 Å². The number of sulfonamides is 1. The molecule has 7 nitrogen and oxygen atoms in total. The second kappa shape index (κ2) is 7.86. The number of aromatic nitrogens is 4. The summed E-state index contributed by atoms with van der Waals surface area (Å²) in [6.07, 6.45) is 5.18. The van der Waals surface area contributed by atoms with Crippen molar-refractivity contribution in [3.63, 3.8) is 0 Å². The molecule has 0 atom stereocenters. The van der Waals surface area contributed by atoms with E-state index in [2.05, 4.69) is 14.7 Å². The monoisotopic (exact) mass is 445 g/mol. The number of fused-ring (bicyclic) bond motifs is 1. The van der Waals surface area contributed by atoms with Crippen LogP contribution in [0.1, 0.15) is 0 Å². The lowest BCUT2D eigenvalue weighted by atomic mass is 10.1. The lowest BCUT2D eigenvalue weighted by Crippen LogP contribution is -2.12. The maximum absolute atomic E-state index is 13.1. The molecule has 0 aliphatic rings. The van der Waals surface area contributed by atoms with Crippen LogP contribution in [-0.2, 0) is 10.0 Å². The fourth-order valence-electron chi connectivity index (χ4n) is 3.28. The van der Waals surface area contributed by atoms with Crippen LogP contribution in [0.15, 0.2) is 96.3 Å². The van der Waals surface area contributed by atoms with Gasteiger partial charge in [0.05, 0.1) is 22.5 Å². The third-order valence-corrected chi connectivity index (χ3v) is 6.29. The predicted octanol–water partition coefficient (Wildman–Crippen LogP) is 4.40. The fraction of sp³-hybridized carbons (Fsp3) is 0. The van der Waals surface area contributed by atoms with E-state index in [0.29, 0.717) is 17.0 Å². The summed E-state index contributed by atoms with van der Waals surface area (Å²) in [5, 5.41) is 4.70. The minimum atomic E-state index is -3.81. The number of nitrogens with zero attached hydrogens (tertiary/aromatic N) is 4. The summed E-state index contributed by atoms with van der Waals surface area (Å²) in [6, 6.07) is 19.0. The third-order valence-electron chi connectivity index (χ3n) is 4.90. The zero-order chi connectivity index (χ0) is 22.1. The molecule has 158 valence electrons. The Kier molecular flexibility index (Phi) is 4.87. The van der Waals surface area contributed by atoms with Crippen LogP contribution in [0.3, 0.4) is 0 Å². The highest BCUT2D eigenvalue weighted by atomic mass is 32.2. The van der Waals surface area contributed by atoms with E-state index in [1.807, 2.05) is 24.3 Å². The van der Waals surface area contributed by atoms with Gasteiger partial charge in [-0.2, -0.15) is 5.10 Å². The van der Waals surface area contributed by atoms with Gasteiger partial charge in [-0.25, -0.2) is 22.3 Å². The standard InChI is InChI=1S/C23H16FN5O2S/c24-18-3-7-20(8-4-18)32(30,31)28-19-5-1-16(2-6-19)21-9-10-23-26-15-22(29(23)27-21)17-11-13-25-14-12-17/h1-15,28H. The minimum absolute atomic E-state index is 0.0150. The van der Waals surface area contributed by atoms with Crippen LogP contribution in [0.2, 0.25) is 0 Å². The van der Waals surface area contributed by atoms with Crippen molar-refractivity contribution in [2.45, 2.75) is 4.90 Å². The van der Waals surface area contributed by atoms with E-state index in [9.17, 15) is 12.8 Å². The van der Waals surface area contributed by atoms with Crippen molar-refractivity contribution in [3.8, 4) is 22.5 Å². The lowest BCUT2D eigenvalue weighted by molar-refractivity contribution is 0.599. The van der Waals surface area contributed by atoms with Gasteiger partial charge in [0.25, 0.3) is 10.0 Å². The van der Waals surface area contributed by atoms with Crippen molar-refractivity contribution in [2.75, 3.05) is 4.72 Å². The molecule has 0 bridgehead atoms. The first-order chi connectivity index (χ1) is 15.5. The Hall–Kier alpha value is -4.11. The van der Waals surface area contributed by atoms with Crippen molar-refractivity contribution >= 4 is 21.4 Å². The molecule has 0 saturated heterocycles. The van der Waals surface area contributed by atoms with Gasteiger partial charge in [-0.15, -0.1) is 0 Å². The van der Waals surface area contributed by atoms with E-state index in [0.717, 1.165) is 29.0 Å². The first kappa shape index (κ1) is 19.8. The Morgan fingerprint density at radius 3 is 2.25 bits per heavy atom. The van der Waals surface area contributed by atoms with Crippen molar-refractivity contribution < 1.29 is 12.8 Å². The summed E-state index contributed by atoms with van der Waals surface area (Å²) < 4.78 is 42.3. The second-order valence-corrected chi connectivity index (χ2v) is 8.69. The van der Waals surface area contributed by atoms with Gasteiger partial charge in [0.15, 0.2) is 5.65 Å². The van der Waals surface area contributed by atoms with Crippen LogP contribution < -0.4 is 4.72 Å². The van der Waals surface area contributed by atoms with E-state index in [1.165, 1.54) is 12.1 Å². The summed E-state index contributed by atoms with van der Waals surface area (Å²) in [5.74, 6) is -0.497. The summed E-state index contributed by atoms with van der Waals surface area (Å²) in [7, 11) is -3.81. The molecule has 0 fully saturated rings. The van der Waals surface area contributed by atoms with Crippen LogP contribution >= 0.6 is 0 Å². The zero-order valence-corrected chi connectivity index (χ0v) is 17.4. The molecule has 3 aromatic heterocycles. The molecule has 2 aromatic carbocycles. The van der Waals surface area contributed by atoms with Gasteiger partial charge in [0.1, 0.15) is 5.82 Å². The number of hydrogen-bond donors (Lipinski definition) is 1. The van der Waals surface area contributed by atoms with Crippen molar-refractivity contribution in [3.05, 3.63) is 97.2 Å². The first-order valence-corrected chi connectivity index (χ1v) is 11.1. The SMILES string of the molecule is O=S(=O)(Nc1ccc(-c2ccc3ncc(-c4ccncc4)n3n2)cc1)c1ccc(F)cc1. The van der Waals surface area contributed by atoms with Crippen LogP contribution in [-0.4, -0.2) is 28.0 Å². The second-order valence-electron chi connectivity index (χ2n) is 7.00. The van der Waals surface area contributed by atoms with Gasteiger partial charge in [-0.3, -0.25) is 9.71 Å². The van der Waals surface area contributed by atoms with Crippen molar-refractivity contribution in [1.82, 2.24) is 19.6 Å². The maximum atomic E-state index is 13.1. The largest absolute Gasteiger partial charge is 0.280 e. The van der Waals surface area contributed by atoms with E-state index < -0.39 is 15.8 Å². The zero-order valence-electron chi connectivity index (χ0n) is 16.6. The predicted molar refractivity (Wildman–Crippen MR) is 119 cm³/mol. The molecule has 1 N–H and O–H groups in total. The average molecular weight is 445 g/mol. The molecule has 0 amide bonds. The lowest BCUT2D eigenvalue weighted by Gasteiger charge is -2.09. The van der Waals surface area contributed by atoms with Gasteiger partial charge in [-0.1, -0.05) is 12.1 Å². The maximum Gasteiger partial charge on any atom is 0.261 e. The third kappa shape index (κ3) is 3.81. The van der Waals surface area contributed by atoms with Crippen molar-refractivity contribution in [1.29, 1.82) is 0 Å². The summed E-state index contributed by atoms with van der Waals surface area (Å²) in [6.45, 7) is 0. The van der Waals surface area contributed by atoms with Gasteiger partial charge in [0, 0.05) is 29.2 Å². The number of halogens is 1. The van der Waals surface area contributed by atoms with E-state index in [-0.39, 0.29) is 4.90 Å². The molecule has 0 spiro atoms. The van der Waals surface area contributed by atoms with Crippen LogP contribution in [0.25, 0.3) is 28.2 Å². The molecular formula is C23H16FN5O2S. The van der Waals surface area contributed by atoms with Gasteiger partial charge >= 0.3 is 0 Å². The highest BCUT2D eigenvalue weighted by molar-refractivity contribution is 7.92. The molecular weight excluding hydrogens is 429 g/mol.